The number of aromatic nitrogens is 5. The van der Waals surface area contributed by atoms with E-state index in [4.69, 9.17) is 25.8 Å². The van der Waals surface area contributed by atoms with Gasteiger partial charge in [-0.3, -0.25) is 14.4 Å². The van der Waals surface area contributed by atoms with Gasteiger partial charge >= 0.3 is 11.4 Å². The molecule has 2 aromatic heterocycles. The highest BCUT2D eigenvalue weighted by molar-refractivity contribution is 6.33. The van der Waals surface area contributed by atoms with Gasteiger partial charge in [0.15, 0.2) is 34.6 Å². The number of benzene rings is 4. The molecule has 14 nitrogen and oxygen atoms in total. The Morgan fingerprint density at radius 3 is 2.21 bits per heavy atom. The highest BCUT2D eigenvalue weighted by atomic mass is 35.5. The molecule has 3 heterocycles. The second-order valence-corrected chi connectivity index (χ2v) is 15.8. The first-order valence-electron chi connectivity index (χ1n) is 19.7. The lowest BCUT2D eigenvalue weighted by molar-refractivity contribution is -0.133. The van der Waals surface area contributed by atoms with E-state index in [2.05, 4.69) is 4.98 Å². The molecule has 2 aliphatic carbocycles. The molecule has 1 fully saturated rings. The Labute approximate surface area is 353 Å². The van der Waals surface area contributed by atoms with Crippen LogP contribution < -0.4 is 31.1 Å². The molecule has 4 atom stereocenters. The van der Waals surface area contributed by atoms with Crippen LogP contribution in [0.1, 0.15) is 40.8 Å². The van der Waals surface area contributed by atoms with Crippen LogP contribution in [-0.4, -0.2) is 61.5 Å². The molecule has 0 spiro atoms. The molecule has 4 unspecified atom stereocenters. The zero-order valence-corrected chi connectivity index (χ0v) is 34.4. The van der Waals surface area contributed by atoms with Gasteiger partial charge < -0.3 is 23.9 Å². The predicted molar refractivity (Wildman–Crippen MR) is 227 cm³/mol. The third kappa shape index (κ3) is 5.91. The quantitative estimate of drug-likeness (QED) is 0.193. The summed E-state index contributed by atoms with van der Waals surface area (Å²) in [6.07, 6.45) is 3.21. The van der Waals surface area contributed by atoms with Crippen LogP contribution in [0.3, 0.4) is 0 Å². The number of carbonyl (C=O) groups is 2. The van der Waals surface area contributed by atoms with Gasteiger partial charge in [-0.1, -0.05) is 78.3 Å². The summed E-state index contributed by atoms with van der Waals surface area (Å²) in [4.78, 5) is 77.6. The second kappa shape index (κ2) is 15.0. The summed E-state index contributed by atoms with van der Waals surface area (Å²) >= 11 is 6.67. The minimum atomic E-state index is -1.53. The summed E-state index contributed by atoms with van der Waals surface area (Å²) < 4.78 is 21.6. The molecule has 6 aromatic rings. The number of Topliss-reactive ketones (excluding diaryl/α,β-unsaturated/α-hetero) is 1. The zero-order valence-electron chi connectivity index (χ0n) is 33.6. The number of halogens is 1. The van der Waals surface area contributed by atoms with E-state index in [1.165, 1.54) is 41.3 Å². The van der Waals surface area contributed by atoms with Crippen LogP contribution in [0, 0.1) is 5.92 Å². The lowest BCUT2D eigenvalue weighted by atomic mass is 9.47. The fourth-order valence-corrected chi connectivity index (χ4v) is 9.98. The van der Waals surface area contributed by atoms with Gasteiger partial charge in [-0.25, -0.2) is 28.5 Å². The molecule has 310 valence electrons. The minimum Gasteiger partial charge on any atom is -0.503 e. The van der Waals surface area contributed by atoms with Gasteiger partial charge in [0, 0.05) is 49.6 Å². The number of ketones is 2. The van der Waals surface area contributed by atoms with Crippen molar-refractivity contribution in [3.8, 4) is 23.0 Å². The number of hydrogen-bond donors (Lipinski definition) is 1. The molecule has 0 amide bonds. The van der Waals surface area contributed by atoms with Crippen molar-refractivity contribution >= 4 is 39.8 Å². The normalized spacial score (nSPS) is 20.6. The van der Waals surface area contributed by atoms with Gasteiger partial charge in [0.05, 0.1) is 55.4 Å². The van der Waals surface area contributed by atoms with Crippen molar-refractivity contribution in [1.82, 2.24) is 23.5 Å². The molecular formula is C46H40ClN5O9. The van der Waals surface area contributed by atoms with Gasteiger partial charge in [-0.05, 0) is 46.9 Å². The van der Waals surface area contributed by atoms with E-state index in [1.807, 2.05) is 42.5 Å². The summed E-state index contributed by atoms with van der Waals surface area (Å²) in [5, 5.41) is 10.8. The Balaban J connectivity index is 1.21. The summed E-state index contributed by atoms with van der Waals surface area (Å²) in [5.41, 5.74) is 0.405. The van der Waals surface area contributed by atoms with Crippen LogP contribution in [0.4, 0.5) is 0 Å². The lowest BCUT2D eigenvalue weighted by Gasteiger charge is -2.54. The van der Waals surface area contributed by atoms with Crippen LogP contribution in [0.25, 0.3) is 16.6 Å². The molecule has 0 radical (unpaired) electrons. The van der Waals surface area contributed by atoms with Crippen LogP contribution in [-0.2, 0) is 41.6 Å². The fraction of sp³-hybridized carbons (Fsp3) is 0.261. The molecule has 0 saturated heterocycles. The van der Waals surface area contributed by atoms with Gasteiger partial charge in [0.25, 0.3) is 5.56 Å². The maximum atomic E-state index is 15.3. The van der Waals surface area contributed by atoms with Gasteiger partial charge in [-0.2, -0.15) is 0 Å². The zero-order chi connectivity index (χ0) is 42.9. The molecule has 15 heteroatoms. The SMILES string of the molecule is COc1cc2nc(CCn3c(=O)n4n(c3=O)C3CC5C(=O)C(c6ccccc6)=CC(=O)C5(c5ccccc5)C(c5cc(Cl)c(O)c(OC)c5)C3=CC4)c(=O)n(C)c2cc1OC. The molecule has 1 saturated carbocycles. The van der Waals surface area contributed by atoms with Crippen molar-refractivity contribution in [1.29, 1.82) is 0 Å². The van der Waals surface area contributed by atoms with E-state index in [1.54, 1.807) is 55.6 Å². The van der Waals surface area contributed by atoms with Gasteiger partial charge in [0.1, 0.15) is 5.69 Å². The van der Waals surface area contributed by atoms with Crippen molar-refractivity contribution in [2.45, 2.75) is 43.3 Å². The number of aryl methyl sites for hydroxylation is 2. The summed E-state index contributed by atoms with van der Waals surface area (Å²) in [6, 6.07) is 23.7. The minimum absolute atomic E-state index is 0.00362. The van der Waals surface area contributed by atoms with E-state index in [9.17, 15) is 19.5 Å². The second-order valence-electron chi connectivity index (χ2n) is 15.4. The number of ether oxygens (including phenoxy) is 3. The molecule has 1 N–H and O–H groups in total. The van der Waals surface area contributed by atoms with Crippen LogP contribution in [0.15, 0.2) is 117 Å². The van der Waals surface area contributed by atoms with E-state index >= 15 is 9.59 Å². The topological polar surface area (TPSA) is 166 Å². The van der Waals surface area contributed by atoms with E-state index in [0.717, 1.165) is 4.57 Å². The van der Waals surface area contributed by atoms with Crippen molar-refractivity contribution in [2.24, 2.45) is 13.0 Å². The summed E-state index contributed by atoms with van der Waals surface area (Å²) in [5.74, 6) is -1.96. The third-order valence-corrected chi connectivity index (χ3v) is 12.8. The molecule has 0 bridgehead atoms. The fourth-order valence-electron chi connectivity index (χ4n) is 9.76. The standard InChI is InChI=1S/C46H40ClN5O9/c1-49-35-24-37(60-3)36(59-2)23-33(35)48-32(43(49)56)16-17-50-44(57)51-18-15-28-34(52(51)45(50)58)22-30-41(54)29(25-11-7-5-8-12-25)21-39(53)46(30,27-13-9-6-10-14-27)40(28)26-19-31(47)42(55)38(20-26)61-4/h5-15,19-21,23-24,30,34,40,55H,16-18,22H2,1-4H3. The number of rotatable bonds is 9. The third-order valence-electron chi connectivity index (χ3n) is 12.5. The van der Waals surface area contributed by atoms with E-state index < -0.39 is 40.2 Å². The summed E-state index contributed by atoms with van der Waals surface area (Å²) in [6.45, 7) is -0.204. The van der Waals surface area contributed by atoms with Crippen molar-refractivity contribution < 1.29 is 28.9 Å². The molecule has 4 aromatic carbocycles. The lowest BCUT2D eigenvalue weighted by Crippen LogP contribution is -2.58. The highest BCUT2D eigenvalue weighted by Crippen LogP contribution is 2.62. The number of phenols is 1. The largest absolute Gasteiger partial charge is 0.503 e. The van der Waals surface area contributed by atoms with E-state index in [0.29, 0.717) is 44.8 Å². The first-order valence-corrected chi connectivity index (χ1v) is 20.0. The van der Waals surface area contributed by atoms with Gasteiger partial charge in [0.2, 0.25) is 0 Å². The number of phenolic OH excluding ortho intramolecular Hbond substituents is 1. The van der Waals surface area contributed by atoms with Crippen LogP contribution in [0.2, 0.25) is 5.02 Å². The number of fused-ring (bicyclic) bond motifs is 5. The molecule has 1 aliphatic heterocycles. The van der Waals surface area contributed by atoms with Crippen molar-refractivity contribution in [2.75, 3.05) is 21.3 Å². The van der Waals surface area contributed by atoms with E-state index in [-0.39, 0.29) is 65.3 Å². The number of aromatic hydroxyl groups is 1. The monoisotopic (exact) mass is 841 g/mol. The average molecular weight is 842 g/mol. The smallest absolute Gasteiger partial charge is 0.347 e. The first kappa shape index (κ1) is 39.5. The number of methoxy groups -OCH3 is 3. The number of nitrogens with zero attached hydrogens (tertiary/aromatic N) is 5. The molecular weight excluding hydrogens is 802 g/mol. The maximum Gasteiger partial charge on any atom is 0.347 e. The van der Waals surface area contributed by atoms with Crippen molar-refractivity contribution in [3.05, 3.63) is 161 Å². The Kier molecular flexibility index (Phi) is 9.69. The Morgan fingerprint density at radius 1 is 0.852 bits per heavy atom. The van der Waals surface area contributed by atoms with Gasteiger partial charge in [-0.15, -0.1) is 0 Å². The molecule has 61 heavy (non-hydrogen) atoms. The van der Waals surface area contributed by atoms with Crippen molar-refractivity contribution in [3.63, 3.8) is 0 Å². The highest BCUT2D eigenvalue weighted by Gasteiger charge is 2.63. The molecule has 9 rings (SSSR count). The number of hydrogen-bond acceptors (Lipinski definition) is 10. The number of carbonyl (C=O) groups excluding carboxylic acids is 2. The first-order chi connectivity index (χ1) is 29.4. The van der Waals surface area contributed by atoms with Crippen LogP contribution >= 0.6 is 11.6 Å². The average Bonchev–Trinajstić information content (AvgIpc) is 3.53. The predicted octanol–water partition coefficient (Wildman–Crippen LogP) is 5.14. The molecule has 3 aliphatic rings. The van der Waals surface area contributed by atoms with Crippen LogP contribution in [0.5, 0.6) is 23.0 Å². The maximum absolute atomic E-state index is 15.3. The Morgan fingerprint density at radius 2 is 1.52 bits per heavy atom. The summed E-state index contributed by atoms with van der Waals surface area (Å²) in [7, 11) is 5.98. The number of allylic oxidation sites excluding steroid dienone is 4. The Bertz CT molecular complexity index is 3060. The Hall–Kier alpha value is -6.93.